The maximum Gasteiger partial charge on any atom is 0.377 e. The van der Waals surface area contributed by atoms with Crippen LogP contribution >= 0.6 is 0 Å². The highest BCUT2D eigenvalue weighted by molar-refractivity contribution is 6.41. The first-order valence-corrected chi connectivity index (χ1v) is 3.94. The molecule has 1 aromatic heterocycles. The molecule has 0 saturated heterocycles. The number of carboxylic acids is 1. The summed E-state index contributed by atoms with van der Waals surface area (Å²) in [5.41, 5.74) is 0.403. The molecule has 0 radical (unpaired) electrons. The molecular weight excluding hydrogens is 184 g/mol. The van der Waals surface area contributed by atoms with Gasteiger partial charge in [0.05, 0.1) is 11.8 Å². The minimum Gasteiger partial charge on any atom is -0.475 e. The highest BCUT2D eigenvalue weighted by atomic mass is 16.4. The zero-order valence-electron chi connectivity index (χ0n) is 7.06. The van der Waals surface area contributed by atoms with Crippen molar-refractivity contribution in [1.82, 2.24) is 0 Å². The van der Waals surface area contributed by atoms with Gasteiger partial charge in [-0.1, -0.05) is 12.1 Å². The summed E-state index contributed by atoms with van der Waals surface area (Å²) in [6.45, 7) is 0. The molecule has 4 heteroatoms. The van der Waals surface area contributed by atoms with E-state index in [2.05, 4.69) is 0 Å². The maximum absolute atomic E-state index is 11.2. The van der Waals surface area contributed by atoms with Crippen LogP contribution in [0.5, 0.6) is 0 Å². The Bertz CT molecular complexity index is 510. The van der Waals surface area contributed by atoms with E-state index < -0.39 is 11.8 Å². The Kier molecular flexibility index (Phi) is 1.81. The topological polar surface area (TPSA) is 67.5 Å². The maximum atomic E-state index is 11.2. The Morgan fingerprint density at radius 1 is 1.21 bits per heavy atom. The van der Waals surface area contributed by atoms with Crippen molar-refractivity contribution < 1.29 is 19.1 Å². The Labute approximate surface area is 78.8 Å². The van der Waals surface area contributed by atoms with Gasteiger partial charge < -0.3 is 9.52 Å². The van der Waals surface area contributed by atoms with E-state index in [0.717, 1.165) is 5.39 Å². The third-order valence-corrected chi connectivity index (χ3v) is 1.92. The summed E-state index contributed by atoms with van der Waals surface area (Å²) < 4.78 is 5.04. The first-order chi connectivity index (χ1) is 6.70. The average molecular weight is 190 g/mol. The van der Waals surface area contributed by atoms with E-state index in [1.807, 2.05) is 0 Å². The van der Waals surface area contributed by atoms with E-state index in [1.54, 1.807) is 18.2 Å². The van der Waals surface area contributed by atoms with Crippen molar-refractivity contribution in [2.45, 2.75) is 0 Å². The van der Waals surface area contributed by atoms with Gasteiger partial charge in [0.15, 0.2) is 0 Å². The molecule has 0 unspecified atom stereocenters. The fourth-order valence-electron chi connectivity index (χ4n) is 1.29. The number of carbonyl (C=O) groups excluding carboxylic acids is 1. The van der Waals surface area contributed by atoms with Crippen molar-refractivity contribution in [2.75, 3.05) is 0 Å². The molecule has 1 heterocycles. The van der Waals surface area contributed by atoms with Crippen LogP contribution in [0.25, 0.3) is 11.0 Å². The Morgan fingerprint density at radius 3 is 2.71 bits per heavy atom. The van der Waals surface area contributed by atoms with E-state index >= 15 is 0 Å². The summed E-state index contributed by atoms with van der Waals surface area (Å²) in [6.07, 6.45) is 1.42. The van der Waals surface area contributed by atoms with Crippen LogP contribution in [0.1, 0.15) is 10.4 Å². The molecule has 0 bridgehead atoms. The van der Waals surface area contributed by atoms with Crippen LogP contribution < -0.4 is 0 Å². The molecule has 0 spiro atoms. The second-order valence-electron chi connectivity index (χ2n) is 2.78. The number of fused-ring (bicyclic) bond motifs is 1. The number of Topliss-reactive ketones (excluding diaryl/α,β-unsaturated/α-hetero) is 1. The van der Waals surface area contributed by atoms with E-state index in [9.17, 15) is 9.59 Å². The molecule has 0 amide bonds. The molecule has 14 heavy (non-hydrogen) atoms. The lowest BCUT2D eigenvalue weighted by Gasteiger charge is -1.96. The summed E-state index contributed by atoms with van der Waals surface area (Å²) in [5.74, 6) is -2.43. The summed E-state index contributed by atoms with van der Waals surface area (Å²) in [7, 11) is 0. The molecule has 2 rings (SSSR count). The lowest BCUT2D eigenvalue weighted by Crippen LogP contribution is -2.12. The Balaban J connectivity index is 2.67. The quantitative estimate of drug-likeness (QED) is 0.578. The number of hydrogen-bond donors (Lipinski definition) is 1. The number of benzene rings is 1. The van der Waals surface area contributed by atoms with Gasteiger partial charge in [-0.05, 0) is 12.1 Å². The van der Waals surface area contributed by atoms with Crippen molar-refractivity contribution >= 4 is 22.7 Å². The number of carboxylic acid groups (broad SMARTS) is 1. The molecule has 2 aromatic rings. The van der Waals surface area contributed by atoms with Crippen molar-refractivity contribution in [3.05, 3.63) is 36.1 Å². The van der Waals surface area contributed by atoms with Gasteiger partial charge in [-0.2, -0.15) is 0 Å². The smallest absolute Gasteiger partial charge is 0.377 e. The van der Waals surface area contributed by atoms with Crippen LogP contribution in [0.15, 0.2) is 34.9 Å². The number of furan rings is 1. The minimum absolute atomic E-state index is 0.0833. The molecular formula is C10H6O4. The fourth-order valence-corrected chi connectivity index (χ4v) is 1.29. The van der Waals surface area contributed by atoms with E-state index in [4.69, 9.17) is 9.52 Å². The molecule has 0 saturated carbocycles. The van der Waals surface area contributed by atoms with Gasteiger partial charge in [0, 0.05) is 5.39 Å². The number of ketones is 1. The predicted molar refractivity (Wildman–Crippen MR) is 48.2 cm³/mol. The van der Waals surface area contributed by atoms with E-state index in [0.29, 0.717) is 5.58 Å². The van der Waals surface area contributed by atoms with Crippen LogP contribution in [0.2, 0.25) is 0 Å². The lowest BCUT2D eigenvalue weighted by molar-refractivity contribution is -0.131. The number of para-hydroxylation sites is 1. The standard InChI is InChI=1S/C10H6O4/c11-8(10(12)13)7-3-1-2-6-4-5-14-9(6)7/h1-5H,(H,12,13). The number of aliphatic carboxylic acids is 1. The second-order valence-corrected chi connectivity index (χ2v) is 2.78. The van der Waals surface area contributed by atoms with Crippen LogP contribution in [0.3, 0.4) is 0 Å². The lowest BCUT2D eigenvalue weighted by atomic mass is 10.1. The molecule has 0 atom stereocenters. The molecule has 1 aromatic carbocycles. The molecule has 70 valence electrons. The summed E-state index contributed by atoms with van der Waals surface area (Å²) in [4.78, 5) is 21.7. The SMILES string of the molecule is O=C(O)C(=O)c1cccc2ccoc12. The van der Waals surface area contributed by atoms with Crippen molar-refractivity contribution in [1.29, 1.82) is 0 Å². The van der Waals surface area contributed by atoms with Crippen molar-refractivity contribution in [2.24, 2.45) is 0 Å². The molecule has 0 aliphatic rings. The summed E-state index contributed by atoms with van der Waals surface area (Å²) >= 11 is 0. The zero-order chi connectivity index (χ0) is 10.1. The van der Waals surface area contributed by atoms with Crippen LogP contribution in [-0.4, -0.2) is 16.9 Å². The summed E-state index contributed by atoms with van der Waals surface area (Å²) in [5, 5.41) is 9.26. The van der Waals surface area contributed by atoms with Crippen molar-refractivity contribution in [3.63, 3.8) is 0 Å². The van der Waals surface area contributed by atoms with Gasteiger partial charge in [-0.25, -0.2) is 4.79 Å². The van der Waals surface area contributed by atoms with Crippen LogP contribution in [0.4, 0.5) is 0 Å². The third kappa shape index (κ3) is 1.17. The van der Waals surface area contributed by atoms with E-state index in [-0.39, 0.29) is 5.56 Å². The van der Waals surface area contributed by atoms with Crippen LogP contribution in [0, 0.1) is 0 Å². The number of rotatable bonds is 2. The largest absolute Gasteiger partial charge is 0.475 e. The van der Waals surface area contributed by atoms with Crippen LogP contribution in [-0.2, 0) is 4.79 Å². The first-order valence-electron chi connectivity index (χ1n) is 3.94. The van der Waals surface area contributed by atoms with E-state index in [1.165, 1.54) is 12.3 Å². The molecule has 0 aliphatic carbocycles. The van der Waals surface area contributed by atoms with Gasteiger partial charge in [0.1, 0.15) is 5.58 Å². The molecule has 0 aliphatic heterocycles. The normalized spacial score (nSPS) is 10.3. The highest BCUT2D eigenvalue weighted by Gasteiger charge is 2.18. The number of carbonyl (C=O) groups is 2. The van der Waals surface area contributed by atoms with Gasteiger partial charge in [0.2, 0.25) is 0 Å². The van der Waals surface area contributed by atoms with Gasteiger partial charge in [-0.15, -0.1) is 0 Å². The van der Waals surface area contributed by atoms with Crippen molar-refractivity contribution in [3.8, 4) is 0 Å². The molecule has 0 fully saturated rings. The minimum atomic E-state index is -1.48. The van der Waals surface area contributed by atoms with Gasteiger partial charge in [0.25, 0.3) is 5.78 Å². The van der Waals surface area contributed by atoms with Gasteiger partial charge in [-0.3, -0.25) is 4.79 Å². The monoisotopic (exact) mass is 190 g/mol. The molecule has 1 N–H and O–H groups in total. The highest BCUT2D eigenvalue weighted by Crippen LogP contribution is 2.20. The Hall–Kier alpha value is -2.10. The average Bonchev–Trinajstić information content (AvgIpc) is 2.63. The predicted octanol–water partition coefficient (Wildman–Crippen LogP) is 1.70. The fraction of sp³-hybridized carbons (Fsp3) is 0. The Morgan fingerprint density at radius 2 is 2.00 bits per heavy atom. The molecule has 4 nitrogen and oxygen atoms in total. The second kappa shape index (κ2) is 2.99. The third-order valence-electron chi connectivity index (χ3n) is 1.92. The zero-order valence-corrected chi connectivity index (χ0v) is 7.06. The summed E-state index contributed by atoms with van der Waals surface area (Å²) in [6, 6.07) is 6.47. The number of hydrogen-bond acceptors (Lipinski definition) is 3. The van der Waals surface area contributed by atoms with Gasteiger partial charge >= 0.3 is 5.97 Å². The first kappa shape index (κ1) is 8.50.